The number of nitrogens with zero attached hydrogens (tertiary/aromatic N) is 1. The molecule has 25 heavy (non-hydrogen) atoms. The molecule has 1 aromatic rings. The molecule has 2 amide bonds. The second-order valence-electron chi connectivity index (χ2n) is 6.28. The summed E-state index contributed by atoms with van der Waals surface area (Å²) >= 11 is 6.16. The Balaban J connectivity index is 1.49. The largest absolute Gasteiger partial charge is 0.486 e. The third-order valence-corrected chi connectivity index (χ3v) is 4.70. The number of benzene rings is 1. The number of rotatable bonds is 5. The van der Waals surface area contributed by atoms with Crippen molar-refractivity contribution in [2.45, 2.75) is 32.1 Å². The maximum atomic E-state index is 12.3. The Morgan fingerprint density at radius 2 is 2.04 bits per heavy atom. The highest BCUT2D eigenvalue weighted by Crippen LogP contribution is 2.38. The smallest absolute Gasteiger partial charge is 0.251 e. The van der Waals surface area contributed by atoms with Crippen LogP contribution in [0.5, 0.6) is 11.5 Å². The van der Waals surface area contributed by atoms with Crippen LogP contribution in [-0.2, 0) is 4.79 Å². The predicted octanol–water partition coefficient (Wildman–Crippen LogP) is 2.63. The zero-order chi connectivity index (χ0) is 17.6. The Morgan fingerprint density at radius 3 is 2.92 bits per heavy atom. The highest BCUT2D eigenvalue weighted by atomic mass is 35.5. The minimum Gasteiger partial charge on any atom is -0.486 e. The Bertz CT molecular complexity index is 650. The summed E-state index contributed by atoms with van der Waals surface area (Å²) in [6.07, 6.45) is 4.53. The third-order valence-electron chi connectivity index (χ3n) is 4.42. The summed E-state index contributed by atoms with van der Waals surface area (Å²) in [6, 6.07) is 3.23. The monoisotopic (exact) mass is 366 g/mol. The predicted molar refractivity (Wildman–Crippen MR) is 94.4 cm³/mol. The van der Waals surface area contributed by atoms with E-state index in [1.54, 1.807) is 12.1 Å². The van der Waals surface area contributed by atoms with Crippen LogP contribution in [0.3, 0.4) is 0 Å². The van der Waals surface area contributed by atoms with Gasteiger partial charge in [-0.25, -0.2) is 0 Å². The molecule has 0 unspecified atom stereocenters. The van der Waals surface area contributed by atoms with Crippen LogP contribution in [-0.4, -0.2) is 49.6 Å². The van der Waals surface area contributed by atoms with E-state index in [0.717, 1.165) is 32.2 Å². The zero-order valence-corrected chi connectivity index (χ0v) is 14.9. The van der Waals surface area contributed by atoms with Crippen molar-refractivity contribution in [3.63, 3.8) is 0 Å². The average Bonchev–Trinajstić information content (AvgIpc) is 2.83. The highest BCUT2D eigenvalue weighted by molar-refractivity contribution is 6.32. The molecule has 0 aliphatic carbocycles. The number of nitrogens with one attached hydrogen (secondary N) is 1. The minimum absolute atomic E-state index is 0.207. The van der Waals surface area contributed by atoms with Gasteiger partial charge < -0.3 is 19.7 Å². The summed E-state index contributed by atoms with van der Waals surface area (Å²) in [7, 11) is 0. The van der Waals surface area contributed by atoms with E-state index in [1.807, 2.05) is 4.90 Å². The Labute approximate surface area is 152 Å². The van der Waals surface area contributed by atoms with E-state index >= 15 is 0 Å². The van der Waals surface area contributed by atoms with Crippen LogP contribution >= 0.6 is 11.6 Å². The van der Waals surface area contributed by atoms with Gasteiger partial charge in [-0.05, 0) is 31.4 Å². The lowest BCUT2D eigenvalue weighted by Gasteiger charge is -2.21. The molecule has 0 aromatic heterocycles. The quantitative estimate of drug-likeness (QED) is 0.813. The van der Waals surface area contributed by atoms with E-state index in [2.05, 4.69) is 5.32 Å². The standard InChI is InChI=1S/C18H23ClN2O4/c19-14-11-13(12-15-17(14)25-10-9-24-15)18(23)20-6-4-8-21-7-3-1-2-5-16(21)22/h11-12H,1-10H2,(H,20,23). The number of halogens is 1. The molecule has 2 aliphatic rings. The number of amides is 2. The van der Waals surface area contributed by atoms with Crippen LogP contribution in [0.25, 0.3) is 0 Å². The first-order chi connectivity index (χ1) is 12.1. The van der Waals surface area contributed by atoms with Crippen LogP contribution in [0.4, 0.5) is 0 Å². The first-order valence-electron chi connectivity index (χ1n) is 8.80. The van der Waals surface area contributed by atoms with Crippen molar-refractivity contribution in [3.8, 4) is 11.5 Å². The van der Waals surface area contributed by atoms with Crippen molar-refractivity contribution in [3.05, 3.63) is 22.7 Å². The van der Waals surface area contributed by atoms with E-state index in [4.69, 9.17) is 21.1 Å². The van der Waals surface area contributed by atoms with Crippen LogP contribution in [0.2, 0.25) is 5.02 Å². The van der Waals surface area contributed by atoms with Crippen molar-refractivity contribution < 1.29 is 19.1 Å². The second-order valence-corrected chi connectivity index (χ2v) is 6.69. The number of carbonyl (C=O) groups excluding carboxylic acids is 2. The van der Waals surface area contributed by atoms with Gasteiger partial charge in [-0.15, -0.1) is 0 Å². The van der Waals surface area contributed by atoms with Gasteiger partial charge in [-0.1, -0.05) is 18.0 Å². The molecule has 0 atom stereocenters. The maximum Gasteiger partial charge on any atom is 0.251 e. The molecule has 0 saturated carbocycles. The van der Waals surface area contributed by atoms with Crippen LogP contribution in [0, 0.1) is 0 Å². The summed E-state index contributed by atoms with van der Waals surface area (Å²) < 4.78 is 10.9. The molecule has 0 spiro atoms. The van der Waals surface area contributed by atoms with Crippen molar-refractivity contribution in [2.24, 2.45) is 0 Å². The number of hydrogen-bond donors (Lipinski definition) is 1. The first-order valence-corrected chi connectivity index (χ1v) is 9.18. The molecule has 6 nitrogen and oxygen atoms in total. The van der Waals surface area contributed by atoms with E-state index < -0.39 is 0 Å². The van der Waals surface area contributed by atoms with Gasteiger partial charge in [0.1, 0.15) is 13.2 Å². The number of fused-ring (bicyclic) bond motifs is 1. The molecule has 2 aliphatic heterocycles. The van der Waals surface area contributed by atoms with E-state index in [-0.39, 0.29) is 11.8 Å². The minimum atomic E-state index is -0.207. The van der Waals surface area contributed by atoms with Gasteiger partial charge in [0.25, 0.3) is 5.91 Å². The Morgan fingerprint density at radius 1 is 1.20 bits per heavy atom. The summed E-state index contributed by atoms with van der Waals surface area (Å²) in [6.45, 7) is 2.91. The topological polar surface area (TPSA) is 67.9 Å². The molecule has 136 valence electrons. The molecule has 3 rings (SSSR count). The Hall–Kier alpha value is -1.95. The van der Waals surface area contributed by atoms with Gasteiger partial charge in [0, 0.05) is 31.6 Å². The SMILES string of the molecule is O=C(NCCCN1CCCCCC1=O)c1cc(Cl)c2c(c1)OCCO2. The summed E-state index contributed by atoms with van der Waals surface area (Å²) in [5, 5.41) is 3.24. The van der Waals surface area contributed by atoms with E-state index in [0.29, 0.717) is 54.8 Å². The number of ether oxygens (including phenoxy) is 2. The van der Waals surface area contributed by atoms with Gasteiger partial charge in [-0.3, -0.25) is 9.59 Å². The molecule has 0 radical (unpaired) electrons. The summed E-state index contributed by atoms with van der Waals surface area (Å²) in [4.78, 5) is 26.1. The molecule has 7 heteroatoms. The lowest BCUT2D eigenvalue weighted by molar-refractivity contribution is -0.130. The Kier molecular flexibility index (Phi) is 6.02. The molecule has 2 heterocycles. The van der Waals surface area contributed by atoms with Crippen LogP contribution < -0.4 is 14.8 Å². The first kappa shape index (κ1) is 17.9. The average molecular weight is 367 g/mol. The van der Waals surface area contributed by atoms with Crippen molar-refractivity contribution in [1.82, 2.24) is 10.2 Å². The fourth-order valence-corrected chi connectivity index (χ4v) is 3.36. The van der Waals surface area contributed by atoms with Crippen molar-refractivity contribution in [1.29, 1.82) is 0 Å². The zero-order valence-electron chi connectivity index (χ0n) is 14.2. The third kappa shape index (κ3) is 4.57. The van der Waals surface area contributed by atoms with Gasteiger partial charge in [0.05, 0.1) is 5.02 Å². The molecule has 1 aromatic carbocycles. The van der Waals surface area contributed by atoms with Gasteiger partial charge >= 0.3 is 0 Å². The van der Waals surface area contributed by atoms with Gasteiger partial charge in [0.2, 0.25) is 5.91 Å². The number of carbonyl (C=O) groups is 2. The lowest BCUT2D eigenvalue weighted by Crippen LogP contribution is -2.34. The molecule has 1 saturated heterocycles. The van der Waals surface area contributed by atoms with Gasteiger partial charge in [-0.2, -0.15) is 0 Å². The fraction of sp³-hybridized carbons (Fsp3) is 0.556. The van der Waals surface area contributed by atoms with Crippen LogP contribution in [0.1, 0.15) is 42.5 Å². The maximum absolute atomic E-state index is 12.3. The molecular weight excluding hydrogens is 344 g/mol. The molecular formula is C18H23ClN2O4. The van der Waals surface area contributed by atoms with Crippen molar-refractivity contribution in [2.75, 3.05) is 32.8 Å². The summed E-state index contributed by atoms with van der Waals surface area (Å²) in [5.41, 5.74) is 0.445. The molecule has 0 bridgehead atoms. The number of hydrogen-bond acceptors (Lipinski definition) is 4. The number of likely N-dealkylation sites (tertiary alicyclic amines) is 1. The van der Waals surface area contributed by atoms with E-state index in [9.17, 15) is 9.59 Å². The fourth-order valence-electron chi connectivity index (χ4n) is 3.09. The van der Waals surface area contributed by atoms with E-state index in [1.165, 1.54) is 0 Å². The van der Waals surface area contributed by atoms with Gasteiger partial charge in [0.15, 0.2) is 11.5 Å². The molecule has 1 N–H and O–H groups in total. The highest BCUT2D eigenvalue weighted by Gasteiger charge is 2.19. The molecule has 1 fully saturated rings. The van der Waals surface area contributed by atoms with Crippen LogP contribution in [0.15, 0.2) is 12.1 Å². The van der Waals surface area contributed by atoms with Crippen molar-refractivity contribution >= 4 is 23.4 Å². The lowest BCUT2D eigenvalue weighted by atomic mass is 10.1. The second kappa shape index (κ2) is 8.43. The summed E-state index contributed by atoms with van der Waals surface area (Å²) in [5.74, 6) is 1.01. The normalized spacial score (nSPS) is 17.2.